The molecule has 0 aliphatic heterocycles. The van der Waals surface area contributed by atoms with Crippen molar-refractivity contribution in [3.05, 3.63) is 39.2 Å². The predicted molar refractivity (Wildman–Crippen MR) is 53.7 cm³/mol. The molecule has 0 aliphatic carbocycles. The van der Waals surface area contributed by atoms with Gasteiger partial charge in [-0.3, -0.25) is 10.1 Å². The van der Waals surface area contributed by atoms with E-state index in [1.54, 1.807) is 6.92 Å². The summed E-state index contributed by atoms with van der Waals surface area (Å²) in [6.45, 7) is 1.61. The zero-order valence-electron chi connectivity index (χ0n) is 8.77. The molecule has 0 fully saturated rings. The standard InChI is InChI=1S/C10H7FN2O4/c1-2-17-10(14)6-3-8(11)7(5-12)9(4-6)13(15)16/h3-4H,2H2,1H3. The van der Waals surface area contributed by atoms with Crippen molar-refractivity contribution in [1.82, 2.24) is 0 Å². The minimum Gasteiger partial charge on any atom is -0.462 e. The zero-order chi connectivity index (χ0) is 13.0. The first kappa shape index (κ1) is 12.6. The number of nitro benzene ring substituents is 1. The highest BCUT2D eigenvalue weighted by molar-refractivity contribution is 5.90. The van der Waals surface area contributed by atoms with Crippen molar-refractivity contribution in [2.45, 2.75) is 6.92 Å². The van der Waals surface area contributed by atoms with Gasteiger partial charge in [-0.25, -0.2) is 9.18 Å². The summed E-state index contributed by atoms with van der Waals surface area (Å²) in [5, 5.41) is 19.2. The highest BCUT2D eigenvalue weighted by Gasteiger charge is 2.22. The number of benzene rings is 1. The third-order valence-electron chi connectivity index (χ3n) is 1.89. The van der Waals surface area contributed by atoms with Crippen molar-refractivity contribution in [3.63, 3.8) is 0 Å². The van der Waals surface area contributed by atoms with Crippen LogP contribution in [-0.2, 0) is 4.74 Å². The van der Waals surface area contributed by atoms with Crippen LogP contribution in [0.15, 0.2) is 12.1 Å². The van der Waals surface area contributed by atoms with Crippen molar-refractivity contribution in [2.75, 3.05) is 6.61 Å². The number of nitriles is 1. The third kappa shape index (κ3) is 2.55. The van der Waals surface area contributed by atoms with Crippen LogP contribution in [-0.4, -0.2) is 17.5 Å². The van der Waals surface area contributed by atoms with Crippen LogP contribution in [0.4, 0.5) is 10.1 Å². The van der Waals surface area contributed by atoms with Crippen molar-refractivity contribution in [2.24, 2.45) is 0 Å². The lowest BCUT2D eigenvalue weighted by Gasteiger charge is -2.03. The van der Waals surface area contributed by atoms with E-state index >= 15 is 0 Å². The van der Waals surface area contributed by atoms with Gasteiger partial charge in [-0.2, -0.15) is 5.26 Å². The fourth-order valence-corrected chi connectivity index (χ4v) is 1.18. The summed E-state index contributed by atoms with van der Waals surface area (Å²) in [7, 11) is 0. The van der Waals surface area contributed by atoms with E-state index in [9.17, 15) is 19.3 Å². The van der Waals surface area contributed by atoms with Crippen molar-refractivity contribution in [3.8, 4) is 6.07 Å². The van der Waals surface area contributed by atoms with Gasteiger partial charge < -0.3 is 4.74 Å². The number of nitro groups is 1. The largest absolute Gasteiger partial charge is 0.462 e. The normalized spacial score (nSPS) is 9.47. The summed E-state index contributed by atoms with van der Waals surface area (Å²) in [4.78, 5) is 21.0. The number of hydrogen-bond acceptors (Lipinski definition) is 5. The van der Waals surface area contributed by atoms with Crippen LogP contribution in [0.5, 0.6) is 0 Å². The molecular weight excluding hydrogens is 231 g/mol. The first-order valence-corrected chi connectivity index (χ1v) is 4.56. The van der Waals surface area contributed by atoms with Crippen LogP contribution in [0.1, 0.15) is 22.8 Å². The predicted octanol–water partition coefficient (Wildman–Crippen LogP) is 1.78. The Morgan fingerprint density at radius 2 is 2.29 bits per heavy atom. The number of nitrogens with zero attached hydrogens (tertiary/aromatic N) is 2. The molecule has 0 heterocycles. The van der Waals surface area contributed by atoms with Crippen molar-refractivity contribution >= 4 is 11.7 Å². The molecule has 7 heteroatoms. The highest BCUT2D eigenvalue weighted by Crippen LogP contribution is 2.23. The van der Waals surface area contributed by atoms with Gasteiger partial charge in [0, 0.05) is 6.07 Å². The quantitative estimate of drug-likeness (QED) is 0.454. The number of halogens is 1. The molecule has 17 heavy (non-hydrogen) atoms. The van der Waals surface area contributed by atoms with E-state index < -0.39 is 28.0 Å². The average Bonchev–Trinajstić information content (AvgIpc) is 2.28. The zero-order valence-corrected chi connectivity index (χ0v) is 8.77. The fraction of sp³-hybridized carbons (Fsp3) is 0.200. The van der Waals surface area contributed by atoms with Crippen LogP contribution in [0, 0.1) is 27.3 Å². The summed E-state index contributed by atoms with van der Waals surface area (Å²) in [6, 6.07) is 2.93. The molecule has 0 amide bonds. The monoisotopic (exact) mass is 238 g/mol. The van der Waals surface area contributed by atoms with Gasteiger partial charge in [0.25, 0.3) is 5.69 Å². The second-order valence-corrected chi connectivity index (χ2v) is 2.94. The SMILES string of the molecule is CCOC(=O)c1cc(F)c(C#N)c([N+](=O)[O-])c1. The lowest BCUT2D eigenvalue weighted by atomic mass is 10.1. The van der Waals surface area contributed by atoms with Gasteiger partial charge in [-0.1, -0.05) is 0 Å². The molecule has 0 radical (unpaired) electrons. The maximum atomic E-state index is 13.3. The molecule has 0 atom stereocenters. The van der Waals surface area contributed by atoms with Gasteiger partial charge in [-0.05, 0) is 13.0 Å². The van der Waals surface area contributed by atoms with Crippen LogP contribution in [0.2, 0.25) is 0 Å². The van der Waals surface area contributed by atoms with Crippen LogP contribution in [0.3, 0.4) is 0 Å². The summed E-state index contributed by atoms with van der Waals surface area (Å²) < 4.78 is 17.9. The molecule has 0 aromatic heterocycles. The Kier molecular flexibility index (Phi) is 3.72. The molecule has 0 saturated heterocycles. The minimum atomic E-state index is -1.12. The van der Waals surface area contributed by atoms with Crippen LogP contribution in [0.25, 0.3) is 0 Å². The van der Waals surface area contributed by atoms with E-state index in [4.69, 9.17) is 5.26 Å². The molecular formula is C10H7FN2O4. The summed E-state index contributed by atoms with van der Waals surface area (Å²) in [6.07, 6.45) is 0. The molecule has 0 unspecified atom stereocenters. The van der Waals surface area contributed by atoms with E-state index in [0.717, 1.165) is 12.1 Å². The van der Waals surface area contributed by atoms with Gasteiger partial charge in [-0.15, -0.1) is 0 Å². The smallest absolute Gasteiger partial charge is 0.338 e. The first-order chi connectivity index (χ1) is 8.01. The van der Waals surface area contributed by atoms with Gasteiger partial charge >= 0.3 is 5.97 Å². The Balaban J connectivity index is 3.35. The Bertz CT molecular complexity index is 522. The lowest BCUT2D eigenvalue weighted by Crippen LogP contribution is -2.07. The molecule has 0 N–H and O–H groups in total. The summed E-state index contributed by atoms with van der Waals surface area (Å²) >= 11 is 0. The maximum absolute atomic E-state index is 13.3. The number of esters is 1. The molecule has 6 nitrogen and oxygen atoms in total. The van der Waals surface area contributed by atoms with E-state index in [1.165, 1.54) is 6.07 Å². The topological polar surface area (TPSA) is 93.2 Å². The van der Waals surface area contributed by atoms with Gasteiger partial charge in [0.1, 0.15) is 11.9 Å². The second kappa shape index (κ2) is 5.03. The molecule has 1 aromatic carbocycles. The molecule has 1 rings (SSSR count). The Labute approximate surface area is 95.4 Å². The fourth-order valence-electron chi connectivity index (χ4n) is 1.18. The number of hydrogen-bond donors (Lipinski definition) is 0. The Morgan fingerprint density at radius 1 is 1.65 bits per heavy atom. The molecule has 1 aromatic rings. The Morgan fingerprint density at radius 3 is 2.76 bits per heavy atom. The minimum absolute atomic E-state index is 0.0637. The van der Waals surface area contributed by atoms with E-state index in [2.05, 4.69) is 4.74 Å². The Hall–Kier alpha value is -2.49. The second-order valence-electron chi connectivity index (χ2n) is 2.94. The van der Waals surface area contributed by atoms with E-state index in [1.807, 2.05) is 0 Å². The molecule has 0 bridgehead atoms. The molecule has 0 saturated carbocycles. The number of carbonyl (C=O) groups excluding carboxylic acids is 1. The summed E-state index contributed by atoms with van der Waals surface area (Å²) in [5.74, 6) is -2.00. The third-order valence-corrected chi connectivity index (χ3v) is 1.89. The molecule has 0 spiro atoms. The van der Waals surface area contributed by atoms with E-state index in [0.29, 0.717) is 0 Å². The number of carbonyl (C=O) groups is 1. The lowest BCUT2D eigenvalue weighted by molar-refractivity contribution is -0.385. The molecule has 88 valence electrons. The van der Waals surface area contributed by atoms with Crippen LogP contribution >= 0.6 is 0 Å². The molecule has 0 aliphatic rings. The average molecular weight is 238 g/mol. The van der Waals surface area contributed by atoms with E-state index in [-0.39, 0.29) is 12.2 Å². The summed E-state index contributed by atoms with van der Waals surface area (Å²) in [5.41, 5.74) is -1.76. The maximum Gasteiger partial charge on any atom is 0.338 e. The van der Waals surface area contributed by atoms with Crippen molar-refractivity contribution in [1.29, 1.82) is 5.26 Å². The van der Waals surface area contributed by atoms with Crippen molar-refractivity contribution < 1.29 is 18.8 Å². The van der Waals surface area contributed by atoms with Gasteiger partial charge in [0.15, 0.2) is 5.56 Å². The number of ether oxygens (including phenoxy) is 1. The first-order valence-electron chi connectivity index (χ1n) is 4.56. The highest BCUT2D eigenvalue weighted by atomic mass is 19.1. The van der Waals surface area contributed by atoms with Crippen LogP contribution < -0.4 is 0 Å². The number of rotatable bonds is 3. The van der Waals surface area contributed by atoms with Gasteiger partial charge in [0.05, 0.1) is 17.1 Å². The van der Waals surface area contributed by atoms with Gasteiger partial charge in [0.2, 0.25) is 0 Å².